The van der Waals surface area contributed by atoms with Gasteiger partial charge in [-0.05, 0) is 43.6 Å². The SMILES string of the molecule is COc1cc(Cl)ccc1CC1(OC)CCNCC1.Cl. The number of nitrogens with one attached hydrogen (secondary N) is 1. The van der Waals surface area contributed by atoms with Crippen LogP contribution in [0.4, 0.5) is 0 Å². The average molecular weight is 306 g/mol. The maximum Gasteiger partial charge on any atom is 0.123 e. The first-order chi connectivity index (χ1) is 8.69. The molecule has 1 saturated heterocycles. The molecule has 0 aliphatic carbocycles. The van der Waals surface area contributed by atoms with E-state index in [9.17, 15) is 0 Å². The Morgan fingerprint density at radius 3 is 2.53 bits per heavy atom. The number of piperidine rings is 1. The van der Waals surface area contributed by atoms with Gasteiger partial charge >= 0.3 is 0 Å². The molecule has 0 atom stereocenters. The Morgan fingerprint density at radius 1 is 1.26 bits per heavy atom. The number of halogens is 2. The Kier molecular flexibility index (Phi) is 6.40. The molecule has 2 rings (SSSR count). The zero-order valence-electron chi connectivity index (χ0n) is 11.4. The molecular weight excluding hydrogens is 285 g/mol. The lowest BCUT2D eigenvalue weighted by Gasteiger charge is -2.36. The fourth-order valence-corrected chi connectivity index (χ4v) is 2.71. The van der Waals surface area contributed by atoms with Gasteiger partial charge in [0.1, 0.15) is 5.75 Å². The van der Waals surface area contributed by atoms with Gasteiger partial charge in [0.05, 0.1) is 12.7 Å². The number of ether oxygens (including phenoxy) is 2. The zero-order valence-corrected chi connectivity index (χ0v) is 12.9. The minimum atomic E-state index is -0.0770. The Balaban J connectivity index is 0.00000180. The van der Waals surface area contributed by atoms with E-state index in [1.807, 2.05) is 18.2 Å². The molecule has 0 spiro atoms. The normalized spacial score (nSPS) is 17.6. The van der Waals surface area contributed by atoms with Crippen molar-refractivity contribution in [3.8, 4) is 5.75 Å². The summed E-state index contributed by atoms with van der Waals surface area (Å²) >= 11 is 5.99. The molecule has 0 bridgehead atoms. The van der Waals surface area contributed by atoms with Crippen molar-refractivity contribution in [2.24, 2.45) is 0 Å². The second-order valence-electron chi connectivity index (χ2n) is 4.77. The van der Waals surface area contributed by atoms with Crippen molar-refractivity contribution in [2.45, 2.75) is 24.9 Å². The van der Waals surface area contributed by atoms with Crippen LogP contribution in [0.2, 0.25) is 5.02 Å². The molecule has 19 heavy (non-hydrogen) atoms. The summed E-state index contributed by atoms with van der Waals surface area (Å²) in [6, 6.07) is 5.80. The second kappa shape index (κ2) is 7.34. The number of benzene rings is 1. The topological polar surface area (TPSA) is 30.5 Å². The first kappa shape index (κ1) is 16.6. The zero-order chi connectivity index (χ0) is 13.0. The largest absolute Gasteiger partial charge is 0.496 e. The molecule has 1 aromatic carbocycles. The number of hydrogen-bond acceptors (Lipinski definition) is 3. The van der Waals surface area contributed by atoms with Crippen molar-refractivity contribution in [1.82, 2.24) is 5.32 Å². The maximum atomic E-state index is 5.99. The molecule has 1 aliphatic heterocycles. The molecule has 0 saturated carbocycles. The van der Waals surface area contributed by atoms with Crippen LogP contribution in [0.25, 0.3) is 0 Å². The molecule has 1 aromatic rings. The summed E-state index contributed by atoms with van der Waals surface area (Å²) in [5, 5.41) is 4.07. The van der Waals surface area contributed by atoms with Gasteiger partial charge in [-0.15, -0.1) is 12.4 Å². The molecule has 0 radical (unpaired) electrons. The highest BCUT2D eigenvalue weighted by atomic mass is 35.5. The number of hydrogen-bond donors (Lipinski definition) is 1. The quantitative estimate of drug-likeness (QED) is 0.927. The monoisotopic (exact) mass is 305 g/mol. The van der Waals surface area contributed by atoms with E-state index in [-0.39, 0.29) is 18.0 Å². The predicted octanol–water partition coefficient (Wildman–Crippen LogP) is 3.08. The summed E-state index contributed by atoms with van der Waals surface area (Å²) in [7, 11) is 3.48. The van der Waals surface area contributed by atoms with E-state index >= 15 is 0 Å². The van der Waals surface area contributed by atoms with Crippen molar-refractivity contribution in [1.29, 1.82) is 0 Å². The molecule has 108 valence electrons. The van der Waals surface area contributed by atoms with Crippen LogP contribution in [-0.2, 0) is 11.2 Å². The summed E-state index contributed by atoms with van der Waals surface area (Å²) in [6.45, 7) is 2.01. The Bertz CT molecular complexity index is 406. The van der Waals surface area contributed by atoms with Crippen LogP contribution in [0.3, 0.4) is 0 Å². The van der Waals surface area contributed by atoms with Gasteiger partial charge in [0.25, 0.3) is 0 Å². The standard InChI is InChI=1S/C14H20ClNO2.ClH/c1-17-13-9-12(15)4-3-11(13)10-14(18-2)5-7-16-8-6-14;/h3-4,9,16H,5-8,10H2,1-2H3;1H. The second-order valence-corrected chi connectivity index (χ2v) is 5.21. The average Bonchev–Trinajstić information content (AvgIpc) is 2.42. The lowest BCUT2D eigenvalue weighted by Crippen LogP contribution is -2.45. The predicted molar refractivity (Wildman–Crippen MR) is 80.8 cm³/mol. The van der Waals surface area contributed by atoms with Crippen molar-refractivity contribution < 1.29 is 9.47 Å². The van der Waals surface area contributed by atoms with Crippen molar-refractivity contribution in [3.63, 3.8) is 0 Å². The lowest BCUT2D eigenvalue weighted by molar-refractivity contribution is -0.0336. The van der Waals surface area contributed by atoms with Gasteiger partial charge < -0.3 is 14.8 Å². The van der Waals surface area contributed by atoms with Crippen LogP contribution >= 0.6 is 24.0 Å². The first-order valence-corrected chi connectivity index (χ1v) is 6.65. The third kappa shape index (κ3) is 3.99. The fraction of sp³-hybridized carbons (Fsp3) is 0.571. The van der Waals surface area contributed by atoms with Gasteiger partial charge in [-0.1, -0.05) is 17.7 Å². The van der Waals surface area contributed by atoms with Gasteiger partial charge in [0.15, 0.2) is 0 Å². The first-order valence-electron chi connectivity index (χ1n) is 6.27. The smallest absolute Gasteiger partial charge is 0.123 e. The van der Waals surface area contributed by atoms with Crippen LogP contribution in [0.1, 0.15) is 18.4 Å². The van der Waals surface area contributed by atoms with Crippen LogP contribution in [-0.4, -0.2) is 32.9 Å². The molecule has 5 heteroatoms. The molecule has 0 aromatic heterocycles. The van der Waals surface area contributed by atoms with E-state index in [0.29, 0.717) is 5.02 Å². The van der Waals surface area contributed by atoms with E-state index in [1.165, 1.54) is 0 Å². The van der Waals surface area contributed by atoms with Crippen molar-refractivity contribution in [2.75, 3.05) is 27.3 Å². The highest BCUT2D eigenvalue weighted by Gasteiger charge is 2.32. The molecule has 0 unspecified atom stereocenters. The number of rotatable bonds is 4. The van der Waals surface area contributed by atoms with E-state index in [2.05, 4.69) is 5.32 Å². The molecule has 3 nitrogen and oxygen atoms in total. The summed E-state index contributed by atoms with van der Waals surface area (Å²) < 4.78 is 11.2. The van der Waals surface area contributed by atoms with Crippen LogP contribution in [0.15, 0.2) is 18.2 Å². The van der Waals surface area contributed by atoms with Crippen LogP contribution in [0, 0.1) is 0 Å². The van der Waals surface area contributed by atoms with Crippen molar-refractivity contribution in [3.05, 3.63) is 28.8 Å². The summed E-state index contributed by atoms with van der Waals surface area (Å²) in [5.41, 5.74) is 1.08. The molecule has 1 fully saturated rings. The van der Waals surface area contributed by atoms with Gasteiger partial charge in [0, 0.05) is 18.6 Å². The van der Waals surface area contributed by atoms with Gasteiger partial charge in [-0.25, -0.2) is 0 Å². The van der Waals surface area contributed by atoms with E-state index in [4.69, 9.17) is 21.1 Å². The van der Waals surface area contributed by atoms with Crippen LogP contribution < -0.4 is 10.1 Å². The number of methoxy groups -OCH3 is 2. The molecule has 1 heterocycles. The van der Waals surface area contributed by atoms with Crippen LogP contribution in [0.5, 0.6) is 5.75 Å². The minimum absolute atomic E-state index is 0. The third-order valence-electron chi connectivity index (χ3n) is 3.71. The molecular formula is C14H21Cl2NO2. The Morgan fingerprint density at radius 2 is 1.95 bits per heavy atom. The highest BCUT2D eigenvalue weighted by molar-refractivity contribution is 6.30. The Hall–Kier alpha value is -0.480. The van der Waals surface area contributed by atoms with Gasteiger partial charge in [0.2, 0.25) is 0 Å². The van der Waals surface area contributed by atoms with Crippen molar-refractivity contribution >= 4 is 24.0 Å². The summed E-state index contributed by atoms with van der Waals surface area (Å²) in [6.07, 6.45) is 2.91. The van der Waals surface area contributed by atoms with Gasteiger partial charge in [-0.3, -0.25) is 0 Å². The molecule has 0 amide bonds. The fourth-order valence-electron chi connectivity index (χ4n) is 2.55. The summed E-state index contributed by atoms with van der Waals surface area (Å²) in [5.74, 6) is 0.845. The highest BCUT2D eigenvalue weighted by Crippen LogP contribution is 2.32. The summed E-state index contributed by atoms with van der Waals surface area (Å²) in [4.78, 5) is 0. The Labute approximate surface area is 126 Å². The molecule has 1 N–H and O–H groups in total. The van der Waals surface area contributed by atoms with E-state index < -0.39 is 0 Å². The van der Waals surface area contributed by atoms with Gasteiger partial charge in [-0.2, -0.15) is 0 Å². The van der Waals surface area contributed by atoms with E-state index in [0.717, 1.165) is 43.7 Å². The molecule has 1 aliphatic rings. The lowest BCUT2D eigenvalue weighted by atomic mass is 9.85. The maximum absolute atomic E-state index is 5.99. The van der Waals surface area contributed by atoms with E-state index in [1.54, 1.807) is 14.2 Å². The minimum Gasteiger partial charge on any atom is -0.496 e. The third-order valence-corrected chi connectivity index (χ3v) is 3.94.